The third-order valence-corrected chi connectivity index (χ3v) is 4.54. The van der Waals surface area contributed by atoms with Crippen LogP contribution in [-0.4, -0.2) is 17.6 Å². The zero-order chi connectivity index (χ0) is 19.3. The normalized spacial score (nSPS) is 10.5. The Morgan fingerprint density at radius 1 is 1.23 bits per heavy atom. The van der Waals surface area contributed by atoms with Crippen LogP contribution < -0.4 is 15.4 Å². The van der Waals surface area contributed by atoms with Crippen LogP contribution in [-0.2, 0) is 0 Å². The monoisotopic (exact) mass is 474 g/mol. The van der Waals surface area contributed by atoms with Crippen molar-refractivity contribution >= 4 is 68.1 Å². The molecule has 4 nitrogen and oxygen atoms in total. The van der Waals surface area contributed by atoms with E-state index in [9.17, 15) is 4.79 Å². The number of nitrogens with one attached hydrogen (secondary N) is 2. The largest absolute Gasteiger partial charge is 0.492 e. The Bertz CT molecular complexity index is 831. The number of carbonyl (C=O) groups is 1. The second-order valence-corrected chi connectivity index (χ2v) is 7.99. The minimum atomic E-state index is -0.344. The number of benzene rings is 2. The molecule has 0 saturated carbocycles. The zero-order valence-electron chi connectivity index (χ0n) is 14.1. The van der Waals surface area contributed by atoms with E-state index in [0.717, 1.165) is 0 Å². The minimum absolute atomic E-state index is 0.135. The van der Waals surface area contributed by atoms with E-state index in [0.29, 0.717) is 44.0 Å². The summed E-state index contributed by atoms with van der Waals surface area (Å²) in [6, 6.07) is 10.0. The van der Waals surface area contributed by atoms with Crippen LogP contribution in [0.15, 0.2) is 40.9 Å². The van der Waals surface area contributed by atoms with Crippen molar-refractivity contribution in [2.45, 2.75) is 13.8 Å². The highest BCUT2D eigenvalue weighted by Gasteiger charge is 2.12. The van der Waals surface area contributed by atoms with E-state index in [1.807, 2.05) is 0 Å². The van der Waals surface area contributed by atoms with E-state index in [1.165, 1.54) is 0 Å². The first-order valence-electron chi connectivity index (χ1n) is 7.76. The quantitative estimate of drug-likeness (QED) is 0.527. The fraction of sp³-hybridized carbons (Fsp3) is 0.222. The van der Waals surface area contributed by atoms with Gasteiger partial charge in [-0.05, 0) is 70.5 Å². The molecule has 8 heteroatoms. The van der Waals surface area contributed by atoms with Gasteiger partial charge in [-0.15, -0.1) is 0 Å². The maximum Gasteiger partial charge on any atom is 0.257 e. The van der Waals surface area contributed by atoms with Crippen LogP contribution in [0.4, 0.5) is 5.69 Å². The molecule has 2 rings (SSSR count). The van der Waals surface area contributed by atoms with E-state index < -0.39 is 0 Å². The molecular weight excluding hydrogens is 459 g/mol. The lowest BCUT2D eigenvalue weighted by Crippen LogP contribution is -2.34. The van der Waals surface area contributed by atoms with Crippen molar-refractivity contribution in [2.75, 3.05) is 11.9 Å². The lowest BCUT2D eigenvalue weighted by atomic mass is 10.2. The smallest absolute Gasteiger partial charge is 0.257 e. The molecule has 0 bridgehead atoms. The van der Waals surface area contributed by atoms with Crippen molar-refractivity contribution in [2.24, 2.45) is 5.92 Å². The first kappa shape index (κ1) is 21.0. The average molecular weight is 476 g/mol. The van der Waals surface area contributed by atoms with Crippen LogP contribution >= 0.6 is 51.3 Å². The molecule has 2 aromatic rings. The number of amides is 1. The lowest BCUT2D eigenvalue weighted by Gasteiger charge is -2.13. The molecule has 0 fully saturated rings. The van der Waals surface area contributed by atoms with Crippen LogP contribution in [0.1, 0.15) is 24.2 Å². The SMILES string of the molecule is CC(C)COc1ccc(C(=O)NC(=S)Nc2ccc(Cl)cc2Cl)cc1Br. The molecule has 0 saturated heterocycles. The van der Waals surface area contributed by atoms with Gasteiger partial charge in [0.1, 0.15) is 5.75 Å². The van der Waals surface area contributed by atoms with Gasteiger partial charge in [0.2, 0.25) is 0 Å². The molecule has 0 aromatic heterocycles. The number of thiocarbonyl (C=S) groups is 1. The zero-order valence-corrected chi connectivity index (χ0v) is 18.0. The predicted molar refractivity (Wildman–Crippen MR) is 115 cm³/mol. The van der Waals surface area contributed by atoms with E-state index >= 15 is 0 Å². The van der Waals surface area contributed by atoms with Gasteiger partial charge in [-0.25, -0.2) is 0 Å². The Kier molecular flexibility index (Phi) is 7.70. The summed E-state index contributed by atoms with van der Waals surface area (Å²) >= 11 is 20.5. The van der Waals surface area contributed by atoms with Crippen LogP contribution in [0.2, 0.25) is 10.0 Å². The van der Waals surface area contributed by atoms with Gasteiger partial charge in [-0.2, -0.15) is 0 Å². The number of halogens is 3. The molecule has 0 radical (unpaired) electrons. The first-order chi connectivity index (χ1) is 12.3. The summed E-state index contributed by atoms with van der Waals surface area (Å²) in [4.78, 5) is 12.4. The Morgan fingerprint density at radius 2 is 1.96 bits per heavy atom. The van der Waals surface area contributed by atoms with E-state index in [2.05, 4.69) is 40.4 Å². The van der Waals surface area contributed by atoms with Gasteiger partial charge < -0.3 is 10.1 Å². The molecular formula is C18H17BrCl2N2O2S. The van der Waals surface area contributed by atoms with Gasteiger partial charge in [-0.1, -0.05) is 37.0 Å². The Hall–Kier alpha value is -1.34. The van der Waals surface area contributed by atoms with Crippen molar-refractivity contribution in [1.29, 1.82) is 0 Å². The molecule has 138 valence electrons. The van der Waals surface area contributed by atoms with Crippen molar-refractivity contribution in [3.63, 3.8) is 0 Å². The summed E-state index contributed by atoms with van der Waals surface area (Å²) in [5.41, 5.74) is 1.00. The van der Waals surface area contributed by atoms with Crippen LogP contribution in [0, 0.1) is 5.92 Å². The molecule has 0 heterocycles. The standard InChI is InChI=1S/C18H17BrCl2N2O2S/c1-10(2)9-25-16-6-3-11(7-13(16)19)17(24)23-18(26)22-15-5-4-12(20)8-14(15)21/h3-8,10H,9H2,1-2H3,(H2,22,23,24,26). The molecule has 2 aromatic carbocycles. The predicted octanol–water partition coefficient (Wildman–Crippen LogP) is 5.92. The second-order valence-electron chi connectivity index (χ2n) is 5.88. The van der Waals surface area contributed by atoms with Gasteiger partial charge in [0.05, 0.1) is 21.8 Å². The topological polar surface area (TPSA) is 50.4 Å². The van der Waals surface area contributed by atoms with Gasteiger partial charge in [0.15, 0.2) is 5.11 Å². The van der Waals surface area contributed by atoms with Gasteiger partial charge in [0.25, 0.3) is 5.91 Å². The van der Waals surface area contributed by atoms with Crippen LogP contribution in [0.5, 0.6) is 5.75 Å². The van der Waals surface area contributed by atoms with Crippen molar-refractivity contribution < 1.29 is 9.53 Å². The molecule has 1 amide bonds. The third-order valence-electron chi connectivity index (χ3n) is 3.17. The first-order valence-corrected chi connectivity index (χ1v) is 9.71. The van der Waals surface area contributed by atoms with Gasteiger partial charge >= 0.3 is 0 Å². The Morgan fingerprint density at radius 3 is 2.58 bits per heavy atom. The average Bonchev–Trinajstić information content (AvgIpc) is 2.56. The van der Waals surface area contributed by atoms with E-state index in [-0.39, 0.29) is 11.0 Å². The molecule has 0 aliphatic rings. The summed E-state index contributed by atoms with van der Waals surface area (Å²) in [6.07, 6.45) is 0. The minimum Gasteiger partial charge on any atom is -0.492 e. The number of carbonyl (C=O) groups excluding carboxylic acids is 1. The van der Waals surface area contributed by atoms with E-state index in [4.69, 9.17) is 40.2 Å². The maximum atomic E-state index is 12.4. The van der Waals surface area contributed by atoms with Crippen LogP contribution in [0.3, 0.4) is 0 Å². The van der Waals surface area contributed by atoms with Crippen molar-refractivity contribution in [3.8, 4) is 5.75 Å². The summed E-state index contributed by atoms with van der Waals surface area (Å²) in [5.74, 6) is 0.751. The molecule has 0 unspecified atom stereocenters. The van der Waals surface area contributed by atoms with Crippen LogP contribution in [0.25, 0.3) is 0 Å². The summed E-state index contributed by atoms with van der Waals surface area (Å²) in [7, 11) is 0. The summed E-state index contributed by atoms with van der Waals surface area (Å²) in [6.45, 7) is 4.73. The lowest BCUT2D eigenvalue weighted by molar-refractivity contribution is 0.0977. The van der Waals surface area contributed by atoms with Crippen molar-refractivity contribution in [1.82, 2.24) is 5.32 Å². The highest BCUT2D eigenvalue weighted by Crippen LogP contribution is 2.27. The molecule has 0 spiro atoms. The molecule has 0 aliphatic heterocycles. The molecule has 26 heavy (non-hydrogen) atoms. The molecule has 0 aliphatic carbocycles. The number of hydrogen-bond donors (Lipinski definition) is 2. The number of anilines is 1. The third kappa shape index (κ3) is 6.13. The number of rotatable bonds is 5. The number of ether oxygens (including phenoxy) is 1. The maximum absolute atomic E-state index is 12.4. The number of hydrogen-bond acceptors (Lipinski definition) is 3. The fourth-order valence-electron chi connectivity index (χ4n) is 1.94. The molecule has 2 N–H and O–H groups in total. The van der Waals surface area contributed by atoms with E-state index in [1.54, 1.807) is 36.4 Å². The highest BCUT2D eigenvalue weighted by atomic mass is 79.9. The summed E-state index contributed by atoms with van der Waals surface area (Å²) < 4.78 is 6.37. The Balaban J connectivity index is 2.00. The molecule has 0 atom stereocenters. The fourth-order valence-corrected chi connectivity index (χ4v) is 3.09. The Labute approximate surface area is 176 Å². The van der Waals surface area contributed by atoms with Gasteiger partial charge in [0, 0.05) is 10.6 Å². The van der Waals surface area contributed by atoms with Crippen molar-refractivity contribution in [3.05, 3.63) is 56.5 Å². The second kappa shape index (κ2) is 9.55. The summed E-state index contributed by atoms with van der Waals surface area (Å²) in [5, 5.41) is 6.54. The van der Waals surface area contributed by atoms with Gasteiger partial charge in [-0.3, -0.25) is 10.1 Å². The highest BCUT2D eigenvalue weighted by molar-refractivity contribution is 9.10.